The van der Waals surface area contributed by atoms with Crippen LogP contribution in [0.1, 0.15) is 56.0 Å². The fourth-order valence-corrected chi connectivity index (χ4v) is 5.58. The minimum Gasteiger partial charge on any atom is -0.444 e. The number of alkyl carbamates (subject to hydrolysis) is 1. The van der Waals surface area contributed by atoms with Crippen LogP contribution in [0.25, 0.3) is 5.57 Å². The van der Waals surface area contributed by atoms with Crippen molar-refractivity contribution >= 4 is 35.0 Å². The van der Waals surface area contributed by atoms with E-state index in [0.717, 1.165) is 55.2 Å². The molecule has 0 spiro atoms. The fourth-order valence-electron chi connectivity index (χ4n) is 4.43. The first kappa shape index (κ1) is 24.1. The lowest BCUT2D eigenvalue weighted by Crippen LogP contribution is -2.33. The Balaban J connectivity index is 1.59. The Morgan fingerprint density at radius 1 is 1.18 bits per heavy atom. The van der Waals surface area contributed by atoms with Crippen molar-refractivity contribution in [3.05, 3.63) is 63.4 Å². The van der Waals surface area contributed by atoms with E-state index in [2.05, 4.69) is 28.8 Å². The van der Waals surface area contributed by atoms with Crippen LogP contribution < -0.4 is 10.6 Å². The predicted octanol–water partition coefficient (Wildman–Crippen LogP) is 5.64. The molecule has 0 radical (unpaired) electrons. The number of benzene rings is 1. The van der Waals surface area contributed by atoms with Gasteiger partial charge in [-0.15, -0.1) is 11.8 Å². The zero-order valence-corrected chi connectivity index (χ0v) is 21.2. The quantitative estimate of drug-likeness (QED) is 0.433. The number of hydrogen-bond acceptors (Lipinski definition) is 5. The number of thioether (sulfide) groups is 1. The average molecular weight is 486 g/mol. The topological polar surface area (TPSA) is 63.2 Å². The van der Waals surface area contributed by atoms with Gasteiger partial charge in [-0.05, 0) is 94.4 Å². The van der Waals surface area contributed by atoms with E-state index in [9.17, 15) is 4.79 Å². The van der Waals surface area contributed by atoms with Gasteiger partial charge in [0.15, 0.2) is 0 Å². The molecule has 2 heterocycles. The van der Waals surface area contributed by atoms with Crippen molar-refractivity contribution in [2.45, 2.75) is 57.0 Å². The molecular weight excluding hydrogens is 454 g/mol. The van der Waals surface area contributed by atoms with E-state index >= 15 is 0 Å². The Morgan fingerprint density at radius 3 is 2.73 bits per heavy atom. The molecule has 1 aromatic carbocycles. The van der Waals surface area contributed by atoms with Crippen molar-refractivity contribution in [3.8, 4) is 0 Å². The maximum atomic E-state index is 11.9. The standard InChI is InChI=1S/C26H32ClN3O2S/c1-26(2,3)32-25(31)30-14-15-33-22-10-13-29-24-21(22)6-4-18-16-19(27)5-7-20(18)23(24)17-8-11-28-12-9-17/h5,7,10,13,16,28H,4,6,8-9,11-12,14-15H2,1-3H3,(H,30,31). The highest BCUT2D eigenvalue weighted by Gasteiger charge is 2.25. The lowest BCUT2D eigenvalue weighted by molar-refractivity contribution is 0.0531. The Morgan fingerprint density at radius 2 is 1.97 bits per heavy atom. The molecule has 0 unspecified atom stereocenters. The normalized spacial score (nSPS) is 16.0. The monoisotopic (exact) mass is 485 g/mol. The van der Waals surface area contributed by atoms with Crippen LogP contribution in [0, 0.1) is 0 Å². The largest absolute Gasteiger partial charge is 0.444 e. The molecule has 1 aromatic heterocycles. The molecule has 2 aliphatic rings. The molecule has 1 saturated heterocycles. The minimum absolute atomic E-state index is 0.373. The molecule has 2 N–H and O–H groups in total. The summed E-state index contributed by atoms with van der Waals surface area (Å²) in [5.41, 5.74) is 7.26. The molecule has 5 nitrogen and oxygen atoms in total. The first-order valence-corrected chi connectivity index (χ1v) is 13.0. The third kappa shape index (κ3) is 6.11. The van der Waals surface area contributed by atoms with Crippen LogP contribution in [0.15, 0.2) is 40.9 Å². The van der Waals surface area contributed by atoms with E-state index < -0.39 is 5.60 Å². The number of piperidine rings is 1. The highest BCUT2D eigenvalue weighted by atomic mass is 35.5. The Hall–Kier alpha value is -2.02. The summed E-state index contributed by atoms with van der Waals surface area (Å²) in [6, 6.07) is 8.38. The van der Waals surface area contributed by atoms with Gasteiger partial charge in [0.1, 0.15) is 5.60 Å². The molecular formula is C26H32ClN3O2S. The number of ether oxygens (including phenoxy) is 1. The molecule has 4 rings (SSSR count). The van der Waals surface area contributed by atoms with E-state index in [4.69, 9.17) is 21.3 Å². The van der Waals surface area contributed by atoms with E-state index in [1.54, 1.807) is 11.8 Å². The second kappa shape index (κ2) is 10.5. The van der Waals surface area contributed by atoms with Crippen LogP contribution >= 0.6 is 23.4 Å². The third-order valence-corrected chi connectivity index (χ3v) is 7.16. The van der Waals surface area contributed by atoms with Gasteiger partial charge in [0, 0.05) is 34.0 Å². The number of amides is 1. The van der Waals surface area contributed by atoms with Crippen molar-refractivity contribution in [2.75, 3.05) is 25.4 Å². The summed E-state index contributed by atoms with van der Waals surface area (Å²) in [6.45, 7) is 8.16. The van der Waals surface area contributed by atoms with Crippen LogP contribution in [-0.2, 0) is 17.6 Å². The molecule has 1 fully saturated rings. The van der Waals surface area contributed by atoms with E-state index in [0.29, 0.717) is 6.54 Å². The zero-order valence-electron chi connectivity index (χ0n) is 19.6. The molecule has 1 aliphatic heterocycles. The summed E-state index contributed by atoms with van der Waals surface area (Å²) < 4.78 is 5.33. The van der Waals surface area contributed by atoms with Crippen LogP contribution in [0.5, 0.6) is 0 Å². The molecule has 33 heavy (non-hydrogen) atoms. The summed E-state index contributed by atoms with van der Waals surface area (Å²) in [7, 11) is 0. The maximum absolute atomic E-state index is 11.9. The number of fused-ring (bicyclic) bond motifs is 2. The number of carbonyl (C=O) groups is 1. The van der Waals surface area contributed by atoms with Gasteiger partial charge in [-0.1, -0.05) is 23.2 Å². The first-order valence-electron chi connectivity index (χ1n) is 11.6. The summed E-state index contributed by atoms with van der Waals surface area (Å²) in [5.74, 6) is 0.768. The van der Waals surface area contributed by atoms with Crippen molar-refractivity contribution in [1.82, 2.24) is 15.6 Å². The van der Waals surface area contributed by atoms with Crippen molar-refractivity contribution < 1.29 is 9.53 Å². The molecule has 176 valence electrons. The molecule has 1 aliphatic carbocycles. The maximum Gasteiger partial charge on any atom is 0.407 e. The molecule has 0 atom stereocenters. The van der Waals surface area contributed by atoms with Crippen molar-refractivity contribution in [1.29, 1.82) is 0 Å². The van der Waals surface area contributed by atoms with Gasteiger partial charge < -0.3 is 15.4 Å². The first-order chi connectivity index (χ1) is 15.8. The van der Waals surface area contributed by atoms with Crippen molar-refractivity contribution in [2.24, 2.45) is 0 Å². The van der Waals surface area contributed by atoms with Gasteiger partial charge in [0.05, 0.1) is 5.69 Å². The van der Waals surface area contributed by atoms with Gasteiger partial charge >= 0.3 is 6.09 Å². The second-order valence-electron chi connectivity index (χ2n) is 9.44. The number of nitrogens with one attached hydrogen (secondary N) is 2. The van der Waals surface area contributed by atoms with E-state index in [1.807, 2.05) is 33.0 Å². The number of hydrogen-bond donors (Lipinski definition) is 2. The van der Waals surface area contributed by atoms with Crippen molar-refractivity contribution in [3.63, 3.8) is 0 Å². The summed E-state index contributed by atoms with van der Waals surface area (Å²) in [5, 5.41) is 7.11. The number of aryl methyl sites for hydroxylation is 1. The molecule has 0 bridgehead atoms. The highest BCUT2D eigenvalue weighted by Crippen LogP contribution is 2.40. The summed E-state index contributed by atoms with van der Waals surface area (Å²) in [4.78, 5) is 18.1. The smallest absolute Gasteiger partial charge is 0.407 e. The Labute approximate surface area is 205 Å². The van der Waals surface area contributed by atoms with E-state index in [1.165, 1.54) is 32.7 Å². The summed E-state index contributed by atoms with van der Waals surface area (Å²) in [6.07, 6.45) is 5.49. The van der Waals surface area contributed by atoms with Gasteiger partial charge in [-0.3, -0.25) is 4.98 Å². The Kier molecular flexibility index (Phi) is 7.67. The number of nitrogens with zero attached hydrogens (tertiary/aromatic N) is 1. The van der Waals surface area contributed by atoms with Gasteiger partial charge in [-0.2, -0.15) is 0 Å². The summed E-state index contributed by atoms with van der Waals surface area (Å²) >= 11 is 8.13. The molecule has 7 heteroatoms. The van der Waals surface area contributed by atoms with E-state index in [-0.39, 0.29) is 6.09 Å². The number of rotatable bonds is 4. The SMILES string of the molecule is CC(C)(C)OC(=O)NCCSc1ccnc2c1CCc1cc(Cl)ccc1C2=C1CCNCC1. The molecule has 0 saturated carbocycles. The number of carbonyl (C=O) groups excluding carboxylic acids is 1. The predicted molar refractivity (Wildman–Crippen MR) is 136 cm³/mol. The third-order valence-electron chi connectivity index (χ3n) is 5.82. The van der Waals surface area contributed by atoms with Crippen LogP contribution in [0.4, 0.5) is 4.79 Å². The number of pyridine rings is 1. The van der Waals surface area contributed by atoms with Crippen LogP contribution in [0.3, 0.4) is 0 Å². The highest BCUT2D eigenvalue weighted by molar-refractivity contribution is 7.99. The van der Waals surface area contributed by atoms with Crippen LogP contribution in [0.2, 0.25) is 5.02 Å². The molecule has 2 aromatic rings. The van der Waals surface area contributed by atoms with Gasteiger partial charge in [0.25, 0.3) is 0 Å². The number of aromatic nitrogens is 1. The minimum atomic E-state index is -0.490. The number of halogens is 1. The van der Waals surface area contributed by atoms with Gasteiger partial charge in [-0.25, -0.2) is 4.79 Å². The lowest BCUT2D eigenvalue weighted by atomic mass is 9.89. The van der Waals surface area contributed by atoms with Crippen LogP contribution in [-0.4, -0.2) is 42.1 Å². The van der Waals surface area contributed by atoms with Gasteiger partial charge in [0.2, 0.25) is 0 Å². The lowest BCUT2D eigenvalue weighted by Gasteiger charge is -2.22. The average Bonchev–Trinajstić information content (AvgIpc) is 2.93. The molecule has 1 amide bonds. The fraction of sp³-hybridized carbons (Fsp3) is 0.462. The zero-order chi connectivity index (χ0) is 23.4. The Bertz CT molecular complexity index is 1050. The second-order valence-corrected chi connectivity index (χ2v) is 11.0.